The SMILES string of the molecule is CNC(C)c1nncn1C1C2CC3CC(C2)CC1C3. The second-order valence-electron chi connectivity index (χ2n) is 7.03. The van der Waals surface area contributed by atoms with Gasteiger partial charge in [0.1, 0.15) is 12.2 Å². The molecule has 1 aromatic rings. The van der Waals surface area contributed by atoms with Gasteiger partial charge in [0.05, 0.1) is 6.04 Å². The van der Waals surface area contributed by atoms with Crippen molar-refractivity contribution in [1.82, 2.24) is 20.1 Å². The summed E-state index contributed by atoms with van der Waals surface area (Å²) in [6.07, 6.45) is 9.29. The lowest BCUT2D eigenvalue weighted by atomic mass is 9.54. The molecule has 4 nitrogen and oxygen atoms in total. The molecule has 4 aliphatic rings. The summed E-state index contributed by atoms with van der Waals surface area (Å²) in [5.41, 5.74) is 0. The van der Waals surface area contributed by atoms with Crippen molar-refractivity contribution in [3.63, 3.8) is 0 Å². The average Bonchev–Trinajstić information content (AvgIpc) is 2.85. The maximum absolute atomic E-state index is 4.37. The van der Waals surface area contributed by atoms with Gasteiger partial charge in [0.25, 0.3) is 0 Å². The van der Waals surface area contributed by atoms with E-state index in [1.54, 1.807) is 0 Å². The van der Waals surface area contributed by atoms with Gasteiger partial charge < -0.3 is 9.88 Å². The Kier molecular flexibility index (Phi) is 2.69. The number of hydrogen-bond donors (Lipinski definition) is 1. The number of nitrogens with one attached hydrogen (secondary N) is 1. The van der Waals surface area contributed by atoms with E-state index in [0.29, 0.717) is 12.1 Å². The van der Waals surface area contributed by atoms with Crippen LogP contribution in [0.3, 0.4) is 0 Å². The van der Waals surface area contributed by atoms with Gasteiger partial charge in [-0.15, -0.1) is 10.2 Å². The predicted octanol–water partition coefficient (Wildman–Crippen LogP) is 2.56. The van der Waals surface area contributed by atoms with E-state index in [2.05, 4.69) is 27.0 Å². The fraction of sp³-hybridized carbons (Fsp3) is 0.867. The summed E-state index contributed by atoms with van der Waals surface area (Å²) in [5.74, 6) is 4.95. The minimum Gasteiger partial charge on any atom is -0.313 e. The lowest BCUT2D eigenvalue weighted by Crippen LogP contribution is -2.46. The van der Waals surface area contributed by atoms with Gasteiger partial charge in [-0.2, -0.15) is 0 Å². The summed E-state index contributed by atoms with van der Waals surface area (Å²) in [6.45, 7) is 2.18. The van der Waals surface area contributed by atoms with Crippen LogP contribution in [-0.2, 0) is 0 Å². The molecule has 4 heteroatoms. The van der Waals surface area contributed by atoms with Crippen molar-refractivity contribution in [2.75, 3.05) is 7.05 Å². The highest BCUT2D eigenvalue weighted by Crippen LogP contribution is 2.58. The summed E-state index contributed by atoms with van der Waals surface area (Å²) in [4.78, 5) is 0. The van der Waals surface area contributed by atoms with Crippen molar-refractivity contribution in [3.05, 3.63) is 12.2 Å². The zero-order chi connectivity index (χ0) is 13.0. The normalized spacial score (nSPS) is 41.7. The van der Waals surface area contributed by atoms with Crippen LogP contribution in [-0.4, -0.2) is 21.8 Å². The van der Waals surface area contributed by atoms with Gasteiger partial charge in [0.15, 0.2) is 0 Å². The molecule has 0 radical (unpaired) electrons. The lowest BCUT2D eigenvalue weighted by molar-refractivity contribution is -0.0306. The van der Waals surface area contributed by atoms with Gasteiger partial charge in [0, 0.05) is 6.04 Å². The molecular formula is C15H24N4. The molecule has 104 valence electrons. The molecule has 0 aliphatic heterocycles. The predicted molar refractivity (Wildman–Crippen MR) is 73.6 cm³/mol. The van der Waals surface area contributed by atoms with Crippen molar-refractivity contribution in [1.29, 1.82) is 0 Å². The van der Waals surface area contributed by atoms with Crippen LogP contribution in [0.1, 0.15) is 56.9 Å². The molecule has 1 heterocycles. The fourth-order valence-electron chi connectivity index (χ4n) is 5.27. The third kappa shape index (κ3) is 1.76. The molecule has 1 aromatic heterocycles. The zero-order valence-electron chi connectivity index (χ0n) is 11.9. The Morgan fingerprint density at radius 3 is 2.37 bits per heavy atom. The van der Waals surface area contributed by atoms with Crippen molar-refractivity contribution < 1.29 is 0 Å². The highest BCUT2D eigenvalue weighted by atomic mass is 15.3. The third-order valence-electron chi connectivity index (χ3n) is 5.92. The van der Waals surface area contributed by atoms with E-state index < -0.39 is 0 Å². The standard InChI is InChI=1S/C15H24N4/c1-9(16-2)15-18-17-8-19(15)14-12-4-10-3-11(6-12)7-13(14)5-10/h8-14,16H,3-7H2,1-2H3. The van der Waals surface area contributed by atoms with Crippen LogP contribution < -0.4 is 5.32 Å². The van der Waals surface area contributed by atoms with E-state index >= 15 is 0 Å². The number of aromatic nitrogens is 3. The summed E-state index contributed by atoms with van der Waals surface area (Å²) >= 11 is 0. The molecule has 4 saturated carbocycles. The molecule has 1 N–H and O–H groups in total. The smallest absolute Gasteiger partial charge is 0.149 e. The second-order valence-corrected chi connectivity index (χ2v) is 7.03. The maximum Gasteiger partial charge on any atom is 0.149 e. The molecule has 1 atom stereocenters. The minimum absolute atomic E-state index is 0.291. The molecule has 4 bridgehead atoms. The Morgan fingerprint density at radius 2 is 1.79 bits per heavy atom. The Balaban J connectivity index is 1.67. The fourth-order valence-corrected chi connectivity index (χ4v) is 5.27. The Hall–Kier alpha value is -0.900. The Bertz CT molecular complexity index is 438. The van der Waals surface area contributed by atoms with Crippen molar-refractivity contribution >= 4 is 0 Å². The summed E-state index contributed by atoms with van der Waals surface area (Å²) < 4.78 is 2.41. The van der Waals surface area contributed by atoms with Crippen molar-refractivity contribution in [2.24, 2.45) is 23.7 Å². The van der Waals surface area contributed by atoms with Crippen LogP contribution in [0.25, 0.3) is 0 Å². The highest BCUT2D eigenvalue weighted by Gasteiger charge is 2.49. The first kappa shape index (κ1) is 11.9. The van der Waals surface area contributed by atoms with Gasteiger partial charge in [-0.3, -0.25) is 0 Å². The molecular weight excluding hydrogens is 236 g/mol. The van der Waals surface area contributed by atoms with E-state index in [0.717, 1.165) is 29.5 Å². The third-order valence-corrected chi connectivity index (χ3v) is 5.92. The number of nitrogens with zero attached hydrogens (tertiary/aromatic N) is 3. The number of rotatable bonds is 3. The topological polar surface area (TPSA) is 42.7 Å². The van der Waals surface area contributed by atoms with Gasteiger partial charge in [-0.05, 0) is 69.7 Å². The van der Waals surface area contributed by atoms with Crippen LogP contribution >= 0.6 is 0 Å². The Labute approximate surface area is 115 Å². The molecule has 5 rings (SSSR count). The molecule has 4 aliphatic carbocycles. The second kappa shape index (κ2) is 4.30. The van der Waals surface area contributed by atoms with Gasteiger partial charge >= 0.3 is 0 Å². The van der Waals surface area contributed by atoms with Gasteiger partial charge in [-0.1, -0.05) is 0 Å². The summed E-state index contributed by atoms with van der Waals surface area (Å²) in [5, 5.41) is 11.9. The molecule has 4 fully saturated rings. The van der Waals surface area contributed by atoms with E-state index in [1.165, 1.54) is 32.1 Å². The first-order chi connectivity index (χ1) is 9.26. The van der Waals surface area contributed by atoms with Gasteiger partial charge in [-0.25, -0.2) is 0 Å². The largest absolute Gasteiger partial charge is 0.313 e. The first-order valence-corrected chi connectivity index (χ1v) is 7.83. The molecule has 0 saturated heterocycles. The van der Waals surface area contributed by atoms with E-state index in [9.17, 15) is 0 Å². The van der Waals surface area contributed by atoms with Crippen molar-refractivity contribution in [2.45, 2.75) is 51.1 Å². The molecule has 0 spiro atoms. The Morgan fingerprint density at radius 1 is 1.16 bits per heavy atom. The quantitative estimate of drug-likeness (QED) is 0.908. The van der Waals surface area contributed by atoms with Crippen LogP contribution in [0.15, 0.2) is 6.33 Å². The van der Waals surface area contributed by atoms with Crippen LogP contribution in [0.4, 0.5) is 0 Å². The van der Waals surface area contributed by atoms with Crippen LogP contribution in [0, 0.1) is 23.7 Å². The van der Waals surface area contributed by atoms with Crippen LogP contribution in [0.2, 0.25) is 0 Å². The monoisotopic (exact) mass is 260 g/mol. The van der Waals surface area contributed by atoms with Crippen molar-refractivity contribution in [3.8, 4) is 0 Å². The molecule has 0 aromatic carbocycles. The highest BCUT2D eigenvalue weighted by molar-refractivity contribution is 5.05. The minimum atomic E-state index is 0.291. The zero-order valence-corrected chi connectivity index (χ0v) is 11.9. The van der Waals surface area contributed by atoms with Crippen LogP contribution in [0.5, 0.6) is 0 Å². The van der Waals surface area contributed by atoms with Gasteiger partial charge in [0.2, 0.25) is 0 Å². The molecule has 19 heavy (non-hydrogen) atoms. The lowest BCUT2D eigenvalue weighted by Gasteiger charge is -2.54. The van der Waals surface area contributed by atoms with E-state index in [-0.39, 0.29) is 0 Å². The van der Waals surface area contributed by atoms with E-state index in [1.807, 2.05) is 13.4 Å². The first-order valence-electron chi connectivity index (χ1n) is 7.83. The molecule has 1 unspecified atom stereocenters. The van der Waals surface area contributed by atoms with E-state index in [4.69, 9.17) is 0 Å². The number of hydrogen-bond acceptors (Lipinski definition) is 3. The summed E-state index contributed by atoms with van der Waals surface area (Å²) in [7, 11) is 2.00. The molecule has 0 amide bonds. The maximum atomic E-state index is 4.37. The summed E-state index contributed by atoms with van der Waals surface area (Å²) in [6, 6.07) is 0.966. The average molecular weight is 260 g/mol.